The zero-order chi connectivity index (χ0) is 22.7. The van der Waals surface area contributed by atoms with Gasteiger partial charge in [-0.25, -0.2) is 9.37 Å². The van der Waals surface area contributed by atoms with Crippen LogP contribution in [0.2, 0.25) is 0 Å². The summed E-state index contributed by atoms with van der Waals surface area (Å²) >= 11 is 2.59. The van der Waals surface area contributed by atoms with Crippen LogP contribution in [0.3, 0.4) is 0 Å². The molecule has 1 amide bonds. The van der Waals surface area contributed by atoms with Crippen molar-refractivity contribution < 1.29 is 9.18 Å². The molecule has 5 nitrogen and oxygen atoms in total. The predicted molar refractivity (Wildman–Crippen MR) is 130 cm³/mol. The van der Waals surface area contributed by atoms with Gasteiger partial charge in [0.15, 0.2) is 5.16 Å². The van der Waals surface area contributed by atoms with Crippen LogP contribution < -0.4 is 10.9 Å². The minimum absolute atomic E-state index is 0.0146. The number of anilines is 1. The van der Waals surface area contributed by atoms with Crippen molar-refractivity contribution in [2.45, 2.75) is 18.6 Å². The maximum atomic E-state index is 13.8. The Morgan fingerprint density at radius 1 is 1.22 bits per heavy atom. The van der Waals surface area contributed by atoms with Gasteiger partial charge in [-0.3, -0.25) is 14.2 Å². The summed E-state index contributed by atoms with van der Waals surface area (Å²) in [6.45, 7) is 5.94. The quantitative estimate of drug-likeness (QED) is 0.223. The standard InChI is InChI=1S/C24H20FN3O2S2/c1-3-13-28-23(30)20-15(2)21(16-9-5-4-6-10-16)32-22(20)27-24(28)31-14-19(29)26-18-12-8-7-11-17(18)25/h3-12H,1,13-14H2,2H3,(H,26,29). The van der Waals surface area contributed by atoms with Gasteiger partial charge in [-0.15, -0.1) is 17.9 Å². The first kappa shape index (κ1) is 22.0. The van der Waals surface area contributed by atoms with Crippen molar-refractivity contribution in [2.75, 3.05) is 11.1 Å². The fourth-order valence-corrected chi connectivity index (χ4v) is 5.38. The molecule has 0 radical (unpaired) electrons. The number of hydrogen-bond acceptors (Lipinski definition) is 5. The van der Waals surface area contributed by atoms with Crippen LogP contribution in [0, 0.1) is 12.7 Å². The summed E-state index contributed by atoms with van der Waals surface area (Å²) in [5.41, 5.74) is 1.87. The third-order valence-electron chi connectivity index (χ3n) is 4.84. The monoisotopic (exact) mass is 465 g/mol. The Bertz CT molecular complexity index is 1360. The molecular weight excluding hydrogens is 445 g/mol. The lowest BCUT2D eigenvalue weighted by Crippen LogP contribution is -2.23. The molecule has 2 aromatic carbocycles. The van der Waals surface area contributed by atoms with Crippen LogP contribution in [0.15, 0.2) is 77.2 Å². The Hall–Kier alpha value is -3.23. The number of thiophene rings is 1. The zero-order valence-corrected chi connectivity index (χ0v) is 18.9. The van der Waals surface area contributed by atoms with Crippen LogP contribution >= 0.6 is 23.1 Å². The smallest absolute Gasteiger partial charge is 0.263 e. The number of rotatable bonds is 7. The topological polar surface area (TPSA) is 64.0 Å². The third-order valence-corrected chi connectivity index (χ3v) is 7.05. The van der Waals surface area contributed by atoms with Gasteiger partial charge in [-0.05, 0) is 30.2 Å². The first-order chi connectivity index (χ1) is 15.5. The van der Waals surface area contributed by atoms with Gasteiger partial charge < -0.3 is 5.32 Å². The molecule has 0 saturated heterocycles. The summed E-state index contributed by atoms with van der Waals surface area (Å²) in [6.07, 6.45) is 1.62. The number of benzene rings is 2. The predicted octanol–water partition coefficient (Wildman–Crippen LogP) is 5.49. The van der Waals surface area contributed by atoms with Crippen molar-refractivity contribution in [3.05, 3.63) is 89.0 Å². The molecule has 8 heteroatoms. The van der Waals surface area contributed by atoms with Gasteiger partial charge in [-0.1, -0.05) is 60.3 Å². The number of nitrogens with one attached hydrogen (secondary N) is 1. The summed E-state index contributed by atoms with van der Waals surface area (Å²) < 4.78 is 15.3. The van der Waals surface area contributed by atoms with Crippen LogP contribution in [0.25, 0.3) is 20.7 Å². The van der Waals surface area contributed by atoms with Crippen molar-refractivity contribution in [2.24, 2.45) is 0 Å². The van der Waals surface area contributed by atoms with Crippen LogP contribution in [-0.4, -0.2) is 21.2 Å². The van der Waals surface area contributed by atoms with Crippen molar-refractivity contribution >= 4 is 44.9 Å². The minimum atomic E-state index is -0.503. The number of carbonyl (C=O) groups is 1. The Morgan fingerprint density at radius 3 is 2.66 bits per heavy atom. The summed E-state index contributed by atoms with van der Waals surface area (Å²) in [4.78, 5) is 32.0. The molecule has 0 aliphatic heterocycles. The lowest BCUT2D eigenvalue weighted by molar-refractivity contribution is -0.113. The number of nitrogens with zero attached hydrogens (tertiary/aromatic N) is 2. The molecule has 2 heterocycles. The number of fused-ring (bicyclic) bond motifs is 1. The van der Waals surface area contributed by atoms with E-state index in [1.807, 2.05) is 37.3 Å². The van der Waals surface area contributed by atoms with Crippen LogP contribution in [0.5, 0.6) is 0 Å². The van der Waals surface area contributed by atoms with Crippen LogP contribution in [0.1, 0.15) is 5.56 Å². The number of carbonyl (C=O) groups excluding carboxylic acids is 1. The Labute approximate surface area is 192 Å². The Balaban J connectivity index is 1.67. The molecule has 0 bridgehead atoms. The fourth-order valence-electron chi connectivity index (χ4n) is 3.34. The van der Waals surface area contributed by atoms with Crippen molar-refractivity contribution in [1.82, 2.24) is 9.55 Å². The van der Waals surface area contributed by atoms with Crippen LogP contribution in [0.4, 0.5) is 10.1 Å². The molecule has 0 fully saturated rings. The number of thioether (sulfide) groups is 1. The highest BCUT2D eigenvalue weighted by Gasteiger charge is 2.19. The lowest BCUT2D eigenvalue weighted by Gasteiger charge is -2.10. The van der Waals surface area contributed by atoms with E-state index < -0.39 is 5.82 Å². The molecule has 0 unspecified atom stereocenters. The maximum Gasteiger partial charge on any atom is 0.263 e. The first-order valence-electron chi connectivity index (χ1n) is 9.87. The van der Waals surface area contributed by atoms with Gasteiger partial charge in [-0.2, -0.15) is 0 Å². The van der Waals surface area contributed by atoms with Gasteiger partial charge >= 0.3 is 0 Å². The summed E-state index contributed by atoms with van der Waals surface area (Å²) in [5.74, 6) is -0.900. The zero-order valence-electron chi connectivity index (χ0n) is 17.3. The fraction of sp³-hybridized carbons (Fsp3) is 0.125. The van der Waals surface area contributed by atoms with Crippen LogP contribution in [-0.2, 0) is 11.3 Å². The van der Waals surface area contributed by atoms with Gasteiger partial charge in [0.05, 0.1) is 16.8 Å². The normalized spacial score (nSPS) is 10.9. The second-order valence-electron chi connectivity index (χ2n) is 7.02. The van der Waals surface area contributed by atoms with E-state index in [1.165, 1.54) is 28.0 Å². The van der Waals surface area contributed by atoms with E-state index in [0.29, 0.717) is 15.4 Å². The Morgan fingerprint density at radius 2 is 1.94 bits per heavy atom. The number of aryl methyl sites for hydroxylation is 1. The molecule has 4 rings (SSSR count). The van der Waals surface area contributed by atoms with E-state index in [-0.39, 0.29) is 29.5 Å². The molecule has 162 valence electrons. The van der Waals surface area contributed by atoms with E-state index in [2.05, 4.69) is 11.9 Å². The van der Waals surface area contributed by atoms with E-state index in [0.717, 1.165) is 27.8 Å². The maximum absolute atomic E-state index is 13.8. The number of halogens is 1. The number of allylic oxidation sites excluding steroid dienone is 1. The number of amides is 1. The Kier molecular flexibility index (Phi) is 6.53. The van der Waals surface area contributed by atoms with Crippen molar-refractivity contribution in [1.29, 1.82) is 0 Å². The second kappa shape index (κ2) is 9.50. The number of hydrogen-bond donors (Lipinski definition) is 1. The van der Waals surface area contributed by atoms with E-state index in [4.69, 9.17) is 4.98 Å². The van der Waals surface area contributed by atoms with E-state index >= 15 is 0 Å². The minimum Gasteiger partial charge on any atom is -0.323 e. The third kappa shape index (κ3) is 4.37. The second-order valence-corrected chi connectivity index (χ2v) is 8.96. The SMILES string of the molecule is C=CCn1c(SCC(=O)Nc2ccccc2F)nc2sc(-c3ccccc3)c(C)c2c1=O. The molecule has 0 spiro atoms. The molecule has 0 saturated carbocycles. The molecule has 0 aliphatic carbocycles. The van der Waals surface area contributed by atoms with Gasteiger partial charge in [0.2, 0.25) is 5.91 Å². The molecule has 0 atom stereocenters. The molecule has 32 heavy (non-hydrogen) atoms. The molecule has 2 aromatic heterocycles. The summed E-state index contributed by atoms with van der Waals surface area (Å²) in [5, 5.41) is 3.55. The lowest BCUT2D eigenvalue weighted by atomic mass is 10.1. The molecule has 4 aromatic rings. The number of para-hydroxylation sites is 1. The number of aromatic nitrogens is 2. The van der Waals surface area contributed by atoms with E-state index in [1.54, 1.807) is 18.2 Å². The van der Waals surface area contributed by atoms with E-state index in [9.17, 15) is 14.0 Å². The highest BCUT2D eigenvalue weighted by molar-refractivity contribution is 7.99. The highest BCUT2D eigenvalue weighted by Crippen LogP contribution is 2.36. The molecule has 0 aliphatic rings. The summed E-state index contributed by atoms with van der Waals surface area (Å²) in [7, 11) is 0. The van der Waals surface area contributed by atoms with Crippen molar-refractivity contribution in [3.63, 3.8) is 0 Å². The summed E-state index contributed by atoms with van der Waals surface area (Å²) in [6, 6.07) is 15.8. The first-order valence-corrected chi connectivity index (χ1v) is 11.7. The molecule has 1 N–H and O–H groups in total. The van der Waals surface area contributed by atoms with Crippen molar-refractivity contribution in [3.8, 4) is 10.4 Å². The van der Waals surface area contributed by atoms with Gasteiger partial charge in [0, 0.05) is 11.4 Å². The van der Waals surface area contributed by atoms with Gasteiger partial charge in [0.1, 0.15) is 10.6 Å². The average Bonchev–Trinajstić information content (AvgIpc) is 3.13. The molecular formula is C24H20FN3O2S2. The average molecular weight is 466 g/mol. The largest absolute Gasteiger partial charge is 0.323 e. The van der Waals surface area contributed by atoms with Gasteiger partial charge in [0.25, 0.3) is 5.56 Å². The highest BCUT2D eigenvalue weighted by atomic mass is 32.2.